The topological polar surface area (TPSA) is 288 Å². The number of hydrogen-bond acceptors (Lipinski definition) is 16. The fraction of sp³-hybridized carbons (Fsp3) is 0.938. The summed E-state index contributed by atoms with van der Waals surface area (Å²) >= 11 is 0. The Labute approximate surface area is 337 Å². The standard InChI is InChI=1S/C11H22N2O3S.C10H21NO4S.C6H15NO4S.C5H13NO4S/c1-3-4-6-12-8-9-13(11(12)2)7-5-10-17(14,15)16;1-15-9-8-11(5-2-3-6-11)7-4-10-16(12,13)14;1-7(2,4-5-11-3)6-12(8,9)10;7-4-3-6-2-1-5-11(8,9)10/h8-9,11H,3-7,10H2,1-2H3,(H,14,15,16);2-10H2,1H3;4-6H2,1-3H3;6-7H,1-5H2,(H,8,9,10). The van der Waals surface area contributed by atoms with Gasteiger partial charge in [-0.1, -0.05) is 13.3 Å². The average Bonchev–Trinajstić information content (AvgIpc) is 3.66. The molecular weight excluding hydrogens is 823 g/mol. The van der Waals surface area contributed by atoms with Gasteiger partial charge in [0.05, 0.1) is 98.8 Å². The van der Waals surface area contributed by atoms with Crippen molar-refractivity contribution in [3.8, 4) is 0 Å². The molecule has 0 saturated carbocycles. The molecule has 4 N–H and O–H groups in total. The Morgan fingerprint density at radius 2 is 1.29 bits per heavy atom. The van der Waals surface area contributed by atoms with Crippen molar-refractivity contribution in [1.29, 1.82) is 0 Å². The molecular formula is C32H71N5O15S4. The quantitative estimate of drug-likeness (QED) is 0.0527. The van der Waals surface area contributed by atoms with Crippen LogP contribution in [0, 0.1) is 0 Å². The number of likely N-dealkylation sites (N-methyl/N-ethyl adjacent to an activating group) is 1. The molecule has 20 nitrogen and oxygen atoms in total. The predicted octanol–water partition coefficient (Wildman–Crippen LogP) is -1.63. The average molecular weight is 894 g/mol. The lowest BCUT2D eigenvalue weighted by molar-refractivity contribution is -0.917. The second-order valence-electron chi connectivity index (χ2n) is 14.5. The van der Waals surface area contributed by atoms with Crippen LogP contribution < -0.4 is 5.32 Å². The number of nitrogens with zero attached hydrogens (tertiary/aromatic N) is 4. The molecule has 0 spiro atoms. The molecule has 0 aromatic carbocycles. The van der Waals surface area contributed by atoms with Crippen LogP contribution in [0.4, 0.5) is 0 Å². The lowest BCUT2D eigenvalue weighted by atomic mass is 10.3. The molecule has 338 valence electrons. The zero-order valence-corrected chi connectivity index (χ0v) is 37.5. The van der Waals surface area contributed by atoms with Gasteiger partial charge in [0, 0.05) is 76.9 Å². The number of aliphatic hydroxyl groups excluding tert-OH is 1. The summed E-state index contributed by atoms with van der Waals surface area (Å²) in [5, 5.41) is 10.1. The normalized spacial score (nSPS) is 17.1. The van der Waals surface area contributed by atoms with Crippen molar-refractivity contribution in [1.82, 2.24) is 9.80 Å². The molecule has 0 aromatic heterocycles. The number of hydrogen-bond donors (Lipinski definition) is 3. The molecule has 56 heavy (non-hydrogen) atoms. The fourth-order valence-corrected chi connectivity index (χ4v) is 8.28. The van der Waals surface area contributed by atoms with Crippen molar-refractivity contribution in [2.45, 2.75) is 65.0 Å². The third-order valence-electron chi connectivity index (χ3n) is 8.85. The van der Waals surface area contributed by atoms with Crippen LogP contribution in [0.1, 0.15) is 58.8 Å². The van der Waals surface area contributed by atoms with Crippen molar-refractivity contribution in [3.63, 3.8) is 0 Å². The van der Waals surface area contributed by atoms with E-state index in [-0.39, 0.29) is 34.5 Å². The zero-order chi connectivity index (χ0) is 43.5. The fourth-order valence-electron chi connectivity index (χ4n) is 5.80. The Bertz CT molecular complexity index is 1490. The van der Waals surface area contributed by atoms with Crippen molar-refractivity contribution in [2.75, 3.05) is 130 Å². The van der Waals surface area contributed by atoms with E-state index in [0.717, 1.165) is 50.0 Å². The minimum absolute atomic E-state index is 0.0892. The molecule has 0 bridgehead atoms. The highest BCUT2D eigenvalue weighted by Crippen LogP contribution is 2.20. The number of nitrogens with two attached hydrogens (primary N) is 1. The minimum Gasteiger partial charge on any atom is -0.748 e. The molecule has 1 saturated heterocycles. The van der Waals surface area contributed by atoms with Crippen molar-refractivity contribution in [3.05, 3.63) is 12.4 Å². The molecule has 2 heterocycles. The highest BCUT2D eigenvalue weighted by Gasteiger charge is 2.31. The molecule has 0 aromatic rings. The van der Waals surface area contributed by atoms with Gasteiger partial charge in [0.1, 0.15) is 23.2 Å². The van der Waals surface area contributed by atoms with Gasteiger partial charge in [0.2, 0.25) is 0 Å². The van der Waals surface area contributed by atoms with Crippen LogP contribution in [0.5, 0.6) is 0 Å². The summed E-state index contributed by atoms with van der Waals surface area (Å²) in [7, 11) is -9.51. The first-order valence-corrected chi connectivity index (χ1v) is 25.1. The van der Waals surface area contributed by atoms with E-state index in [1.807, 2.05) is 12.4 Å². The Morgan fingerprint density at radius 1 is 0.768 bits per heavy atom. The van der Waals surface area contributed by atoms with Crippen LogP contribution in [-0.2, 0) is 49.9 Å². The second kappa shape index (κ2) is 29.0. The first kappa shape index (κ1) is 56.8. The maximum atomic E-state index is 10.5. The molecule has 2 rings (SSSR count). The van der Waals surface area contributed by atoms with Crippen LogP contribution in [-0.4, -0.2) is 212 Å². The molecule has 0 radical (unpaired) electrons. The minimum atomic E-state index is -4.15. The number of unbranched alkanes of at least 4 members (excludes halogenated alkanes) is 1. The Morgan fingerprint density at radius 3 is 1.73 bits per heavy atom. The van der Waals surface area contributed by atoms with E-state index in [9.17, 15) is 47.3 Å². The monoisotopic (exact) mass is 893 g/mol. The van der Waals surface area contributed by atoms with Crippen LogP contribution in [0.25, 0.3) is 0 Å². The summed E-state index contributed by atoms with van der Waals surface area (Å²) in [5.74, 6) is -1.11. The smallest absolute Gasteiger partial charge is 0.265 e. The molecule has 0 amide bonds. The van der Waals surface area contributed by atoms with Crippen molar-refractivity contribution < 1.29 is 80.7 Å². The molecule has 24 heteroatoms. The van der Waals surface area contributed by atoms with Crippen LogP contribution in [0.2, 0.25) is 0 Å². The number of rotatable bonds is 25. The highest BCUT2D eigenvalue weighted by atomic mass is 32.2. The van der Waals surface area contributed by atoms with Gasteiger partial charge in [0.15, 0.2) is 5.88 Å². The van der Waals surface area contributed by atoms with Gasteiger partial charge in [-0.2, -0.15) is 8.42 Å². The van der Waals surface area contributed by atoms with E-state index in [4.69, 9.17) is 19.1 Å². The van der Waals surface area contributed by atoms with E-state index in [1.165, 1.54) is 20.0 Å². The lowest BCUT2D eigenvalue weighted by Gasteiger charge is -2.34. The Balaban J connectivity index is 0. The number of methoxy groups -OCH3 is 2. The number of quaternary nitrogens is 3. The third kappa shape index (κ3) is 34.8. The number of ether oxygens (including phenoxy) is 2. The predicted molar refractivity (Wildman–Crippen MR) is 209 cm³/mol. The van der Waals surface area contributed by atoms with Crippen LogP contribution in [0.15, 0.2) is 12.4 Å². The van der Waals surface area contributed by atoms with Gasteiger partial charge in [-0.3, -0.25) is 4.55 Å². The maximum absolute atomic E-state index is 10.5. The Kier molecular flexibility index (Phi) is 29.5. The first-order chi connectivity index (χ1) is 25.7. The van der Waals surface area contributed by atoms with E-state index < -0.39 is 46.3 Å². The highest BCUT2D eigenvalue weighted by molar-refractivity contribution is 7.86. The Hall–Kier alpha value is -1.26. The molecule has 2 aliphatic rings. The van der Waals surface area contributed by atoms with Gasteiger partial charge in [-0.15, -0.1) is 0 Å². The van der Waals surface area contributed by atoms with E-state index >= 15 is 0 Å². The zero-order valence-electron chi connectivity index (χ0n) is 34.2. The van der Waals surface area contributed by atoms with Crippen molar-refractivity contribution in [2.24, 2.45) is 0 Å². The number of likely N-dealkylation sites (tertiary alicyclic amines) is 1. The summed E-state index contributed by atoms with van der Waals surface area (Å²) < 4.78 is 134. The van der Waals surface area contributed by atoms with Gasteiger partial charge in [0.25, 0.3) is 10.1 Å². The van der Waals surface area contributed by atoms with Gasteiger partial charge in [-0.25, -0.2) is 25.3 Å². The van der Waals surface area contributed by atoms with Crippen LogP contribution in [0.3, 0.4) is 0 Å². The lowest BCUT2D eigenvalue weighted by Crippen LogP contribution is -2.85. The number of aliphatic hydroxyl groups is 1. The van der Waals surface area contributed by atoms with E-state index in [0.29, 0.717) is 58.7 Å². The maximum Gasteiger partial charge on any atom is 0.265 e. The third-order valence-corrected chi connectivity index (χ3v) is 12.3. The summed E-state index contributed by atoms with van der Waals surface area (Å²) in [6, 6.07) is 0. The second-order valence-corrected chi connectivity index (χ2v) is 20.5. The molecule has 1 atom stereocenters. The van der Waals surface area contributed by atoms with E-state index in [2.05, 4.69) is 23.6 Å². The summed E-state index contributed by atoms with van der Waals surface area (Å²) in [4.78, 5) is 4.30. The van der Waals surface area contributed by atoms with Gasteiger partial charge >= 0.3 is 0 Å². The summed E-state index contributed by atoms with van der Waals surface area (Å²) in [6.45, 7) is 12.7. The van der Waals surface area contributed by atoms with Gasteiger partial charge < -0.3 is 52.3 Å². The first-order valence-electron chi connectivity index (χ1n) is 18.8. The molecule has 1 fully saturated rings. The summed E-state index contributed by atoms with van der Waals surface area (Å²) in [5.41, 5.74) is 0. The largest absolute Gasteiger partial charge is 0.748 e. The van der Waals surface area contributed by atoms with Crippen molar-refractivity contribution >= 4 is 40.5 Å². The van der Waals surface area contributed by atoms with Gasteiger partial charge in [-0.05, 0) is 19.8 Å². The van der Waals surface area contributed by atoms with E-state index in [1.54, 1.807) is 26.5 Å². The molecule has 0 aliphatic carbocycles. The van der Waals surface area contributed by atoms with Crippen LogP contribution >= 0.6 is 0 Å². The molecule has 2 aliphatic heterocycles. The SMILES string of the molecule is CCCCN1C=CN(CCCS(=O)(=O)[O-])C1C.COCC[N+](C)(C)CS(=O)(=O)[O-].COCC[N+]1(CCCS(=O)(=O)[O-])CCCC1.O=S(=O)(O)CCC[NH2+]CCO. The molecule has 1 unspecified atom stereocenters. The summed E-state index contributed by atoms with van der Waals surface area (Å²) in [6.07, 6.45) is 10.2.